The first-order valence-corrected chi connectivity index (χ1v) is 5.77. The van der Waals surface area contributed by atoms with Crippen LogP contribution in [0.1, 0.15) is 25.0 Å². The van der Waals surface area contributed by atoms with E-state index in [1.54, 1.807) is 0 Å². The fourth-order valence-corrected chi connectivity index (χ4v) is 1.88. The molecule has 0 saturated heterocycles. The number of aliphatic hydroxyl groups is 1. The number of benzene rings is 1. The maximum Gasteiger partial charge on any atom is 0.0606 e. The molecule has 3 nitrogen and oxygen atoms in total. The van der Waals surface area contributed by atoms with Gasteiger partial charge in [-0.15, -0.1) is 0 Å². The summed E-state index contributed by atoms with van der Waals surface area (Å²) in [7, 11) is 0. The van der Waals surface area contributed by atoms with Gasteiger partial charge in [0.2, 0.25) is 0 Å². The van der Waals surface area contributed by atoms with Crippen LogP contribution in [0.5, 0.6) is 0 Å². The van der Waals surface area contributed by atoms with Crippen LogP contribution in [0.15, 0.2) is 18.2 Å². The molecule has 0 atom stereocenters. The third-order valence-electron chi connectivity index (χ3n) is 2.84. The van der Waals surface area contributed by atoms with E-state index >= 15 is 0 Å². The normalized spacial score (nSPS) is 10.9. The topological polar surface area (TPSA) is 49.5 Å². The summed E-state index contributed by atoms with van der Waals surface area (Å²) in [6.45, 7) is 7.75. The summed E-state index contributed by atoms with van der Waals surface area (Å²) in [4.78, 5) is 2.19. The maximum atomic E-state index is 9.06. The first kappa shape index (κ1) is 13.0. The first-order chi connectivity index (χ1) is 7.60. The zero-order valence-corrected chi connectivity index (χ0v) is 10.4. The molecule has 90 valence electrons. The highest BCUT2D eigenvalue weighted by molar-refractivity contribution is 5.51. The SMILES string of the molecule is Cc1cc(N(CCO)C(C)C)ccc1CN. The molecule has 0 amide bonds. The lowest BCUT2D eigenvalue weighted by atomic mass is 10.1. The van der Waals surface area contributed by atoms with Gasteiger partial charge >= 0.3 is 0 Å². The summed E-state index contributed by atoms with van der Waals surface area (Å²) >= 11 is 0. The fraction of sp³-hybridized carbons (Fsp3) is 0.538. The van der Waals surface area contributed by atoms with Gasteiger partial charge in [0.1, 0.15) is 0 Å². The first-order valence-electron chi connectivity index (χ1n) is 5.77. The van der Waals surface area contributed by atoms with E-state index in [1.165, 1.54) is 11.1 Å². The fourth-order valence-electron chi connectivity index (χ4n) is 1.88. The van der Waals surface area contributed by atoms with Gasteiger partial charge in [0.15, 0.2) is 0 Å². The van der Waals surface area contributed by atoms with Crippen molar-refractivity contribution >= 4 is 5.69 Å². The third kappa shape index (κ3) is 2.97. The minimum absolute atomic E-state index is 0.176. The highest BCUT2D eigenvalue weighted by atomic mass is 16.3. The van der Waals surface area contributed by atoms with E-state index in [0.29, 0.717) is 19.1 Å². The Morgan fingerprint density at radius 2 is 2.06 bits per heavy atom. The van der Waals surface area contributed by atoms with Gasteiger partial charge in [0, 0.05) is 24.8 Å². The minimum atomic E-state index is 0.176. The summed E-state index contributed by atoms with van der Waals surface area (Å²) in [6, 6.07) is 6.66. The van der Waals surface area contributed by atoms with Gasteiger partial charge < -0.3 is 15.7 Å². The molecule has 1 rings (SSSR count). The van der Waals surface area contributed by atoms with Gasteiger partial charge in [-0.2, -0.15) is 0 Å². The van der Waals surface area contributed by atoms with Gasteiger partial charge in [-0.1, -0.05) is 6.07 Å². The maximum absolute atomic E-state index is 9.06. The molecule has 0 radical (unpaired) electrons. The number of hydrogen-bond donors (Lipinski definition) is 2. The van der Waals surface area contributed by atoms with Crippen LogP contribution in [-0.4, -0.2) is 24.3 Å². The van der Waals surface area contributed by atoms with Crippen molar-refractivity contribution in [3.8, 4) is 0 Å². The van der Waals surface area contributed by atoms with Gasteiger partial charge in [-0.05, 0) is 44.0 Å². The molecule has 0 unspecified atom stereocenters. The number of nitrogens with two attached hydrogens (primary N) is 1. The van der Waals surface area contributed by atoms with E-state index in [2.05, 4.69) is 43.9 Å². The van der Waals surface area contributed by atoms with E-state index in [-0.39, 0.29) is 6.61 Å². The molecule has 0 saturated carbocycles. The van der Waals surface area contributed by atoms with E-state index in [0.717, 1.165) is 5.69 Å². The zero-order chi connectivity index (χ0) is 12.1. The lowest BCUT2D eigenvalue weighted by Crippen LogP contribution is -2.33. The molecule has 3 N–H and O–H groups in total. The van der Waals surface area contributed by atoms with Crippen LogP contribution >= 0.6 is 0 Å². The molecule has 0 aromatic heterocycles. The monoisotopic (exact) mass is 222 g/mol. The summed E-state index contributed by atoms with van der Waals surface area (Å²) in [6.07, 6.45) is 0. The van der Waals surface area contributed by atoms with Crippen LogP contribution < -0.4 is 10.6 Å². The van der Waals surface area contributed by atoms with Crippen LogP contribution in [-0.2, 0) is 6.54 Å². The van der Waals surface area contributed by atoms with Crippen molar-refractivity contribution in [2.45, 2.75) is 33.4 Å². The summed E-state index contributed by atoms with van der Waals surface area (Å²) in [5.41, 5.74) is 9.18. The van der Waals surface area contributed by atoms with Crippen molar-refractivity contribution in [3.05, 3.63) is 29.3 Å². The molecule has 0 aliphatic carbocycles. The highest BCUT2D eigenvalue weighted by Crippen LogP contribution is 2.20. The summed E-state index contributed by atoms with van der Waals surface area (Å²) in [5, 5.41) is 9.06. The van der Waals surface area contributed by atoms with Crippen molar-refractivity contribution in [3.63, 3.8) is 0 Å². The second-order valence-electron chi connectivity index (χ2n) is 4.33. The molecule has 0 heterocycles. The summed E-state index contributed by atoms with van der Waals surface area (Å²) in [5.74, 6) is 0. The molecular formula is C13H22N2O. The van der Waals surface area contributed by atoms with Crippen molar-refractivity contribution < 1.29 is 5.11 Å². The molecule has 0 bridgehead atoms. The van der Waals surface area contributed by atoms with Crippen LogP contribution in [0.4, 0.5) is 5.69 Å². The average Bonchev–Trinajstić information content (AvgIpc) is 2.25. The Labute approximate surface area is 97.9 Å². The third-order valence-corrected chi connectivity index (χ3v) is 2.84. The van der Waals surface area contributed by atoms with E-state index < -0.39 is 0 Å². The molecular weight excluding hydrogens is 200 g/mol. The Morgan fingerprint density at radius 1 is 1.38 bits per heavy atom. The Balaban J connectivity index is 2.97. The number of anilines is 1. The molecule has 0 fully saturated rings. The van der Waals surface area contributed by atoms with E-state index in [4.69, 9.17) is 10.8 Å². The molecule has 3 heteroatoms. The Bertz CT molecular complexity index is 337. The van der Waals surface area contributed by atoms with Crippen molar-refractivity contribution in [2.75, 3.05) is 18.1 Å². The van der Waals surface area contributed by atoms with Gasteiger partial charge in [-0.3, -0.25) is 0 Å². The smallest absolute Gasteiger partial charge is 0.0606 e. The Morgan fingerprint density at radius 3 is 2.50 bits per heavy atom. The lowest BCUT2D eigenvalue weighted by molar-refractivity contribution is 0.299. The Kier molecular flexibility index (Phi) is 4.77. The predicted octanol–water partition coefficient (Wildman–Crippen LogP) is 1.66. The second-order valence-corrected chi connectivity index (χ2v) is 4.33. The van der Waals surface area contributed by atoms with E-state index in [1.807, 2.05) is 0 Å². The van der Waals surface area contributed by atoms with Crippen molar-refractivity contribution in [2.24, 2.45) is 5.73 Å². The molecule has 0 aliphatic rings. The zero-order valence-electron chi connectivity index (χ0n) is 10.4. The number of hydrogen-bond acceptors (Lipinski definition) is 3. The molecule has 1 aromatic carbocycles. The van der Waals surface area contributed by atoms with Crippen LogP contribution in [0.3, 0.4) is 0 Å². The lowest BCUT2D eigenvalue weighted by Gasteiger charge is -2.28. The van der Waals surface area contributed by atoms with Gasteiger partial charge in [-0.25, -0.2) is 0 Å². The number of rotatable bonds is 5. The molecule has 0 spiro atoms. The van der Waals surface area contributed by atoms with Crippen LogP contribution in [0.2, 0.25) is 0 Å². The van der Waals surface area contributed by atoms with Crippen molar-refractivity contribution in [1.29, 1.82) is 0 Å². The largest absolute Gasteiger partial charge is 0.395 e. The van der Waals surface area contributed by atoms with Gasteiger partial charge in [0.05, 0.1) is 6.61 Å². The minimum Gasteiger partial charge on any atom is -0.395 e. The number of nitrogens with zero attached hydrogens (tertiary/aromatic N) is 1. The highest BCUT2D eigenvalue weighted by Gasteiger charge is 2.10. The molecule has 16 heavy (non-hydrogen) atoms. The average molecular weight is 222 g/mol. The quantitative estimate of drug-likeness (QED) is 0.796. The Hall–Kier alpha value is -1.06. The predicted molar refractivity (Wildman–Crippen MR) is 68.6 cm³/mol. The van der Waals surface area contributed by atoms with Crippen molar-refractivity contribution in [1.82, 2.24) is 0 Å². The molecule has 1 aromatic rings. The standard InChI is InChI=1S/C13H22N2O/c1-10(2)15(6-7-16)13-5-4-12(9-14)11(3)8-13/h4-5,8,10,16H,6-7,9,14H2,1-3H3. The van der Waals surface area contributed by atoms with Crippen LogP contribution in [0, 0.1) is 6.92 Å². The van der Waals surface area contributed by atoms with Crippen LogP contribution in [0.25, 0.3) is 0 Å². The summed E-state index contributed by atoms with van der Waals surface area (Å²) < 4.78 is 0. The number of aliphatic hydroxyl groups excluding tert-OH is 1. The molecule has 0 aliphatic heterocycles. The van der Waals surface area contributed by atoms with Gasteiger partial charge in [0.25, 0.3) is 0 Å². The second kappa shape index (κ2) is 5.87. The van der Waals surface area contributed by atoms with E-state index in [9.17, 15) is 0 Å². The number of aryl methyl sites for hydroxylation is 1.